The second-order valence-corrected chi connectivity index (χ2v) is 5.58. The van der Waals surface area contributed by atoms with Crippen LogP contribution < -0.4 is 10.1 Å². The molecule has 2 rings (SSSR count). The van der Waals surface area contributed by atoms with E-state index in [0.717, 1.165) is 18.8 Å². The molecule has 1 saturated heterocycles. The van der Waals surface area contributed by atoms with Gasteiger partial charge in [-0.2, -0.15) is 11.8 Å². The maximum atomic E-state index is 5.64. The topological polar surface area (TPSA) is 21.3 Å². The van der Waals surface area contributed by atoms with Crippen LogP contribution in [0, 0.1) is 0 Å². The summed E-state index contributed by atoms with van der Waals surface area (Å²) in [6, 6.07) is 8.93. The predicted octanol–water partition coefficient (Wildman–Crippen LogP) is 3.78. The van der Waals surface area contributed by atoms with Gasteiger partial charge in [-0.15, -0.1) is 0 Å². The van der Waals surface area contributed by atoms with Crippen molar-refractivity contribution in [2.45, 2.75) is 32.2 Å². The summed E-state index contributed by atoms with van der Waals surface area (Å²) < 4.78 is 5.64. The molecule has 0 aliphatic carbocycles. The van der Waals surface area contributed by atoms with Crippen LogP contribution in [0.4, 0.5) is 5.69 Å². The largest absolute Gasteiger partial charge is 0.494 e. The number of hydrogen-bond donors (Lipinski definition) is 1. The lowest BCUT2D eigenvalue weighted by molar-refractivity contribution is 0.317. The van der Waals surface area contributed by atoms with E-state index in [0.29, 0.717) is 6.04 Å². The lowest BCUT2D eigenvalue weighted by Crippen LogP contribution is -2.25. The zero-order chi connectivity index (χ0) is 11.9. The Labute approximate surface area is 108 Å². The zero-order valence-corrected chi connectivity index (χ0v) is 11.3. The molecule has 0 aromatic heterocycles. The number of nitrogens with one attached hydrogen (secondary N) is 1. The van der Waals surface area contributed by atoms with Crippen LogP contribution in [0.5, 0.6) is 5.75 Å². The molecule has 0 amide bonds. The van der Waals surface area contributed by atoms with E-state index in [4.69, 9.17) is 4.74 Å². The quantitative estimate of drug-likeness (QED) is 0.860. The first-order valence-electron chi connectivity index (χ1n) is 6.45. The predicted molar refractivity (Wildman–Crippen MR) is 76.2 cm³/mol. The molecule has 1 N–H and O–H groups in total. The summed E-state index contributed by atoms with van der Waals surface area (Å²) in [5, 5.41) is 3.60. The highest BCUT2D eigenvalue weighted by atomic mass is 32.2. The molecule has 17 heavy (non-hydrogen) atoms. The van der Waals surface area contributed by atoms with Crippen LogP contribution in [0.25, 0.3) is 0 Å². The molecule has 1 aliphatic rings. The minimum Gasteiger partial charge on any atom is -0.494 e. The van der Waals surface area contributed by atoms with Gasteiger partial charge in [0.15, 0.2) is 0 Å². The summed E-state index contributed by atoms with van der Waals surface area (Å²) in [7, 11) is 0. The number of anilines is 1. The van der Waals surface area contributed by atoms with Crippen molar-refractivity contribution in [2.24, 2.45) is 0 Å². The van der Waals surface area contributed by atoms with E-state index in [2.05, 4.69) is 30.4 Å². The lowest BCUT2D eigenvalue weighted by atomic mass is 10.1. The maximum absolute atomic E-state index is 5.64. The molecule has 0 bridgehead atoms. The molecule has 3 heteroatoms. The molecule has 1 unspecified atom stereocenters. The van der Waals surface area contributed by atoms with Crippen LogP contribution in [-0.4, -0.2) is 24.2 Å². The van der Waals surface area contributed by atoms with Gasteiger partial charge in [-0.25, -0.2) is 0 Å². The van der Waals surface area contributed by atoms with Gasteiger partial charge in [0.1, 0.15) is 5.75 Å². The standard InChI is InChI=1S/C14H21NOS/c1-2-8-16-14-7-3-5-12(10-14)15-13-6-4-9-17-11-13/h3,5,7,10,13,15H,2,4,6,8-9,11H2,1H3. The molecule has 2 nitrogen and oxygen atoms in total. The van der Waals surface area contributed by atoms with E-state index < -0.39 is 0 Å². The highest BCUT2D eigenvalue weighted by molar-refractivity contribution is 7.99. The van der Waals surface area contributed by atoms with Crippen molar-refractivity contribution in [2.75, 3.05) is 23.4 Å². The van der Waals surface area contributed by atoms with Gasteiger partial charge in [0.05, 0.1) is 6.61 Å². The Balaban J connectivity index is 1.90. The third-order valence-corrected chi connectivity index (χ3v) is 4.05. The van der Waals surface area contributed by atoms with Gasteiger partial charge in [-0.05, 0) is 37.1 Å². The Kier molecular flexibility index (Phi) is 5.05. The van der Waals surface area contributed by atoms with Crippen molar-refractivity contribution in [1.82, 2.24) is 0 Å². The Morgan fingerprint density at radius 1 is 1.47 bits per heavy atom. The van der Waals surface area contributed by atoms with Gasteiger partial charge in [0.25, 0.3) is 0 Å². The molecular weight excluding hydrogens is 230 g/mol. The van der Waals surface area contributed by atoms with Gasteiger partial charge in [-0.3, -0.25) is 0 Å². The zero-order valence-electron chi connectivity index (χ0n) is 10.4. The van der Waals surface area contributed by atoms with E-state index in [-0.39, 0.29) is 0 Å². The van der Waals surface area contributed by atoms with Crippen molar-refractivity contribution >= 4 is 17.4 Å². The number of thioether (sulfide) groups is 1. The van der Waals surface area contributed by atoms with Crippen molar-refractivity contribution in [3.63, 3.8) is 0 Å². The monoisotopic (exact) mass is 251 g/mol. The van der Waals surface area contributed by atoms with E-state index in [1.807, 2.05) is 17.8 Å². The fourth-order valence-corrected chi connectivity index (χ4v) is 3.06. The summed E-state index contributed by atoms with van der Waals surface area (Å²) in [5.74, 6) is 3.51. The Bertz CT molecular complexity index is 337. The summed E-state index contributed by atoms with van der Waals surface area (Å²) in [4.78, 5) is 0. The van der Waals surface area contributed by atoms with Crippen LogP contribution in [0.2, 0.25) is 0 Å². The molecule has 94 valence electrons. The van der Waals surface area contributed by atoms with Crippen molar-refractivity contribution in [1.29, 1.82) is 0 Å². The highest BCUT2D eigenvalue weighted by Gasteiger charge is 2.13. The smallest absolute Gasteiger partial charge is 0.121 e. The molecule has 1 aliphatic heterocycles. The lowest BCUT2D eigenvalue weighted by Gasteiger charge is -2.23. The average Bonchev–Trinajstić information content (AvgIpc) is 2.38. The molecular formula is C14H21NOS. The van der Waals surface area contributed by atoms with Crippen LogP contribution in [0.15, 0.2) is 24.3 Å². The highest BCUT2D eigenvalue weighted by Crippen LogP contribution is 2.23. The number of benzene rings is 1. The van der Waals surface area contributed by atoms with Gasteiger partial charge in [0.2, 0.25) is 0 Å². The molecule has 1 atom stereocenters. The second kappa shape index (κ2) is 6.80. The van der Waals surface area contributed by atoms with Crippen LogP contribution in [-0.2, 0) is 0 Å². The normalized spacial score (nSPS) is 19.9. The average molecular weight is 251 g/mol. The Morgan fingerprint density at radius 2 is 2.41 bits per heavy atom. The van der Waals surface area contributed by atoms with Crippen LogP contribution in [0.3, 0.4) is 0 Å². The Hall–Kier alpha value is -0.830. The fraction of sp³-hybridized carbons (Fsp3) is 0.571. The molecule has 1 heterocycles. The van der Waals surface area contributed by atoms with E-state index >= 15 is 0 Å². The minimum absolute atomic E-state index is 0.621. The molecule has 1 aromatic rings. The van der Waals surface area contributed by atoms with Gasteiger partial charge >= 0.3 is 0 Å². The fourth-order valence-electron chi connectivity index (χ4n) is 1.99. The SMILES string of the molecule is CCCOc1cccc(NC2CCCSC2)c1. The third kappa shape index (κ3) is 4.15. The number of rotatable bonds is 5. The summed E-state index contributed by atoms with van der Waals surface area (Å²) >= 11 is 2.05. The maximum Gasteiger partial charge on any atom is 0.121 e. The molecule has 0 radical (unpaired) electrons. The first kappa shape index (κ1) is 12.6. The Morgan fingerprint density at radius 3 is 3.18 bits per heavy atom. The molecule has 1 fully saturated rings. The molecule has 0 spiro atoms. The van der Waals surface area contributed by atoms with Crippen molar-refractivity contribution in [3.8, 4) is 5.75 Å². The van der Waals surface area contributed by atoms with Crippen molar-refractivity contribution < 1.29 is 4.74 Å². The van der Waals surface area contributed by atoms with E-state index in [1.54, 1.807) is 0 Å². The number of ether oxygens (including phenoxy) is 1. The molecule has 1 aromatic carbocycles. The summed E-state index contributed by atoms with van der Waals surface area (Å²) in [6.45, 7) is 2.92. The third-order valence-electron chi connectivity index (χ3n) is 2.84. The summed E-state index contributed by atoms with van der Waals surface area (Å²) in [5.41, 5.74) is 1.19. The van der Waals surface area contributed by atoms with E-state index in [1.165, 1.54) is 30.0 Å². The van der Waals surface area contributed by atoms with Gasteiger partial charge in [-0.1, -0.05) is 13.0 Å². The second-order valence-electron chi connectivity index (χ2n) is 4.43. The summed E-state index contributed by atoms with van der Waals surface area (Å²) in [6.07, 6.45) is 3.67. The van der Waals surface area contributed by atoms with E-state index in [9.17, 15) is 0 Å². The van der Waals surface area contributed by atoms with Crippen LogP contribution >= 0.6 is 11.8 Å². The first-order valence-corrected chi connectivity index (χ1v) is 7.61. The minimum atomic E-state index is 0.621. The first-order chi connectivity index (χ1) is 8.38. The van der Waals surface area contributed by atoms with Crippen molar-refractivity contribution in [3.05, 3.63) is 24.3 Å². The number of hydrogen-bond acceptors (Lipinski definition) is 3. The molecule has 0 saturated carbocycles. The van der Waals surface area contributed by atoms with Gasteiger partial charge in [0, 0.05) is 23.5 Å². The van der Waals surface area contributed by atoms with Crippen LogP contribution in [0.1, 0.15) is 26.2 Å². The van der Waals surface area contributed by atoms with Gasteiger partial charge < -0.3 is 10.1 Å².